The van der Waals surface area contributed by atoms with Gasteiger partial charge in [-0.1, -0.05) is 25.4 Å². The highest BCUT2D eigenvalue weighted by Crippen LogP contribution is 2.17. The zero-order valence-electron chi connectivity index (χ0n) is 9.46. The third-order valence-electron chi connectivity index (χ3n) is 1.92. The Hall–Kier alpha value is -1.13. The minimum Gasteiger partial charge on any atom is -0.314 e. The number of rotatable bonds is 5. The number of nitrogens with zero attached hydrogens (tertiary/aromatic N) is 1. The summed E-state index contributed by atoms with van der Waals surface area (Å²) in [5.41, 5.74) is 0. The van der Waals surface area contributed by atoms with Gasteiger partial charge in [-0.05, 0) is 12.1 Å². The molecule has 0 aliphatic rings. The topological polar surface area (TPSA) is 54.0 Å². The smallest absolute Gasteiger partial charge is 0.226 e. The molecule has 4 nitrogen and oxygen atoms in total. The van der Waals surface area contributed by atoms with Crippen LogP contribution in [0.15, 0.2) is 18.3 Å². The van der Waals surface area contributed by atoms with E-state index in [0.717, 1.165) is 0 Å². The Labute approximate surface area is 100 Å². The molecule has 0 radical (unpaired) electrons. The van der Waals surface area contributed by atoms with E-state index in [1.54, 1.807) is 18.3 Å². The molecule has 5 heteroatoms. The standard InChI is InChI=1S/C11H16ClN3O/c1-8(2)13-7-5-10(16)15-11-9(12)4-3-6-14-11/h3-4,6,8,13H,5,7H2,1-2H3,(H,14,15,16). The molecule has 0 atom stereocenters. The van der Waals surface area contributed by atoms with Crippen LogP contribution in [-0.4, -0.2) is 23.5 Å². The lowest BCUT2D eigenvalue weighted by Crippen LogP contribution is -2.27. The van der Waals surface area contributed by atoms with Crippen LogP contribution in [0.4, 0.5) is 5.82 Å². The Balaban J connectivity index is 2.37. The molecule has 1 aromatic rings. The summed E-state index contributed by atoms with van der Waals surface area (Å²) in [7, 11) is 0. The molecule has 0 aliphatic carbocycles. The van der Waals surface area contributed by atoms with Crippen LogP contribution in [0.1, 0.15) is 20.3 Å². The van der Waals surface area contributed by atoms with E-state index in [1.165, 1.54) is 0 Å². The van der Waals surface area contributed by atoms with Crippen LogP contribution in [0.3, 0.4) is 0 Å². The van der Waals surface area contributed by atoms with Gasteiger partial charge in [0.2, 0.25) is 5.91 Å². The summed E-state index contributed by atoms with van der Waals surface area (Å²) < 4.78 is 0. The molecule has 16 heavy (non-hydrogen) atoms. The number of hydrogen-bond donors (Lipinski definition) is 2. The van der Waals surface area contributed by atoms with Gasteiger partial charge in [0.25, 0.3) is 0 Å². The molecule has 0 aliphatic heterocycles. The van der Waals surface area contributed by atoms with Crippen LogP contribution in [0, 0.1) is 0 Å². The lowest BCUT2D eigenvalue weighted by molar-refractivity contribution is -0.116. The predicted octanol–water partition coefficient (Wildman–Crippen LogP) is 2.06. The van der Waals surface area contributed by atoms with Crippen LogP contribution in [-0.2, 0) is 4.79 Å². The summed E-state index contributed by atoms with van der Waals surface area (Å²) in [6.45, 7) is 4.72. The first-order valence-electron chi connectivity index (χ1n) is 5.23. The maximum atomic E-state index is 11.5. The second kappa shape index (κ2) is 6.45. The Kier molecular flexibility index (Phi) is 5.22. The molecule has 1 aromatic heterocycles. The molecule has 0 bridgehead atoms. The van der Waals surface area contributed by atoms with E-state index in [0.29, 0.717) is 29.8 Å². The minimum atomic E-state index is -0.0891. The first-order chi connectivity index (χ1) is 7.59. The lowest BCUT2D eigenvalue weighted by Gasteiger charge is -2.08. The van der Waals surface area contributed by atoms with Crippen molar-refractivity contribution in [1.29, 1.82) is 0 Å². The van der Waals surface area contributed by atoms with Crippen molar-refractivity contribution in [1.82, 2.24) is 10.3 Å². The molecule has 0 unspecified atom stereocenters. The highest BCUT2D eigenvalue weighted by atomic mass is 35.5. The predicted molar refractivity (Wildman–Crippen MR) is 65.6 cm³/mol. The van der Waals surface area contributed by atoms with Crippen molar-refractivity contribution in [3.63, 3.8) is 0 Å². The van der Waals surface area contributed by atoms with Crippen molar-refractivity contribution in [3.8, 4) is 0 Å². The third-order valence-corrected chi connectivity index (χ3v) is 2.23. The van der Waals surface area contributed by atoms with Crippen molar-refractivity contribution in [3.05, 3.63) is 23.4 Å². The van der Waals surface area contributed by atoms with Gasteiger partial charge in [0.05, 0.1) is 5.02 Å². The van der Waals surface area contributed by atoms with Gasteiger partial charge in [-0.2, -0.15) is 0 Å². The van der Waals surface area contributed by atoms with Crippen LogP contribution >= 0.6 is 11.6 Å². The Morgan fingerprint density at radius 3 is 2.94 bits per heavy atom. The normalized spacial score (nSPS) is 10.5. The van der Waals surface area contributed by atoms with Gasteiger partial charge in [-0.25, -0.2) is 4.98 Å². The number of carbonyl (C=O) groups is 1. The number of carbonyl (C=O) groups excluding carboxylic acids is 1. The van der Waals surface area contributed by atoms with Crippen LogP contribution in [0.2, 0.25) is 5.02 Å². The quantitative estimate of drug-likeness (QED) is 0.830. The van der Waals surface area contributed by atoms with Gasteiger partial charge in [0.15, 0.2) is 5.82 Å². The molecule has 1 rings (SSSR count). The summed E-state index contributed by atoms with van der Waals surface area (Å²) in [5, 5.41) is 6.28. The number of anilines is 1. The Bertz CT molecular complexity index is 355. The highest BCUT2D eigenvalue weighted by Gasteiger charge is 2.06. The number of hydrogen-bond acceptors (Lipinski definition) is 3. The van der Waals surface area contributed by atoms with Gasteiger partial charge in [0, 0.05) is 25.2 Å². The van der Waals surface area contributed by atoms with Crippen molar-refractivity contribution in [2.75, 3.05) is 11.9 Å². The van der Waals surface area contributed by atoms with Gasteiger partial charge in [0.1, 0.15) is 0 Å². The monoisotopic (exact) mass is 241 g/mol. The maximum absolute atomic E-state index is 11.5. The van der Waals surface area contributed by atoms with E-state index in [-0.39, 0.29) is 5.91 Å². The highest BCUT2D eigenvalue weighted by molar-refractivity contribution is 6.33. The molecular formula is C11H16ClN3O. The second-order valence-corrected chi connectivity index (χ2v) is 4.15. The van der Waals surface area contributed by atoms with Gasteiger partial charge >= 0.3 is 0 Å². The van der Waals surface area contributed by atoms with Crippen molar-refractivity contribution in [2.45, 2.75) is 26.3 Å². The number of pyridine rings is 1. The summed E-state index contributed by atoms with van der Waals surface area (Å²) in [5.74, 6) is 0.326. The molecule has 0 saturated carbocycles. The molecule has 1 heterocycles. The van der Waals surface area contributed by atoms with Crippen LogP contribution in [0.5, 0.6) is 0 Å². The average molecular weight is 242 g/mol. The van der Waals surface area contributed by atoms with Crippen molar-refractivity contribution < 1.29 is 4.79 Å². The van der Waals surface area contributed by atoms with Crippen LogP contribution in [0.25, 0.3) is 0 Å². The molecule has 1 amide bonds. The summed E-state index contributed by atoms with van der Waals surface area (Å²) in [6.07, 6.45) is 2.00. The first-order valence-corrected chi connectivity index (χ1v) is 5.61. The van der Waals surface area contributed by atoms with Crippen LogP contribution < -0.4 is 10.6 Å². The Morgan fingerprint density at radius 1 is 1.56 bits per heavy atom. The fourth-order valence-electron chi connectivity index (χ4n) is 1.15. The van der Waals surface area contributed by atoms with E-state index in [9.17, 15) is 4.79 Å². The molecule has 88 valence electrons. The average Bonchev–Trinajstić information content (AvgIpc) is 2.21. The fraction of sp³-hybridized carbons (Fsp3) is 0.455. The number of nitrogens with one attached hydrogen (secondary N) is 2. The van der Waals surface area contributed by atoms with Gasteiger partial charge in [-0.15, -0.1) is 0 Å². The van der Waals surface area contributed by atoms with E-state index < -0.39 is 0 Å². The molecule has 0 saturated heterocycles. The first kappa shape index (κ1) is 12.9. The van der Waals surface area contributed by atoms with E-state index in [4.69, 9.17) is 11.6 Å². The van der Waals surface area contributed by atoms with E-state index >= 15 is 0 Å². The summed E-state index contributed by atoms with van der Waals surface area (Å²) in [6, 6.07) is 3.79. The van der Waals surface area contributed by atoms with Crippen molar-refractivity contribution >= 4 is 23.3 Å². The second-order valence-electron chi connectivity index (χ2n) is 3.74. The van der Waals surface area contributed by atoms with E-state index in [1.807, 2.05) is 13.8 Å². The summed E-state index contributed by atoms with van der Waals surface area (Å²) in [4.78, 5) is 15.5. The lowest BCUT2D eigenvalue weighted by atomic mass is 10.3. The molecule has 2 N–H and O–H groups in total. The fourth-order valence-corrected chi connectivity index (χ4v) is 1.32. The zero-order chi connectivity index (χ0) is 12.0. The molecule has 0 aromatic carbocycles. The SMILES string of the molecule is CC(C)NCCC(=O)Nc1ncccc1Cl. The summed E-state index contributed by atoms with van der Waals surface area (Å²) >= 11 is 5.86. The molecule has 0 fully saturated rings. The van der Waals surface area contributed by atoms with E-state index in [2.05, 4.69) is 15.6 Å². The van der Waals surface area contributed by atoms with Gasteiger partial charge < -0.3 is 10.6 Å². The minimum absolute atomic E-state index is 0.0891. The third kappa shape index (κ3) is 4.59. The van der Waals surface area contributed by atoms with Gasteiger partial charge in [-0.3, -0.25) is 4.79 Å². The van der Waals surface area contributed by atoms with Crippen molar-refractivity contribution in [2.24, 2.45) is 0 Å². The number of halogens is 1. The molecule has 0 spiro atoms. The number of amides is 1. The molecular weight excluding hydrogens is 226 g/mol. The maximum Gasteiger partial charge on any atom is 0.226 e. The largest absolute Gasteiger partial charge is 0.314 e. The number of aromatic nitrogens is 1. The Morgan fingerprint density at radius 2 is 2.31 bits per heavy atom. The zero-order valence-corrected chi connectivity index (χ0v) is 10.2.